The summed E-state index contributed by atoms with van der Waals surface area (Å²) >= 11 is 12.3. The Labute approximate surface area is 200 Å². The molecular formula is C25H21ClFN3O2S. The van der Waals surface area contributed by atoms with E-state index in [2.05, 4.69) is 6.58 Å². The van der Waals surface area contributed by atoms with Crippen LogP contribution in [0.15, 0.2) is 55.1 Å². The molecule has 3 aromatic carbocycles. The second-order valence-electron chi connectivity index (χ2n) is 8.34. The number of likely N-dealkylation sites (tertiary alicyclic amines) is 2. The van der Waals surface area contributed by atoms with Crippen molar-refractivity contribution in [2.45, 2.75) is 18.5 Å². The van der Waals surface area contributed by atoms with E-state index in [0.717, 1.165) is 17.2 Å². The molecule has 8 heteroatoms. The largest absolute Gasteiger partial charge is 0.508 e. The average Bonchev–Trinajstić information content (AvgIpc) is 3.11. The number of carbonyl (C=O) groups excluding carboxylic acids is 1. The van der Waals surface area contributed by atoms with E-state index in [1.807, 2.05) is 29.2 Å². The van der Waals surface area contributed by atoms with E-state index < -0.39 is 5.82 Å². The van der Waals surface area contributed by atoms with Crippen molar-refractivity contribution in [3.63, 3.8) is 0 Å². The molecule has 2 aliphatic rings. The standard InChI is InChI=1S/C25H21ClFN3O2S/c1-2-21(32)29-8-7-19-20(29)12-30(19)25(33)17-11-18(26)22(23(27)24(17)28)16-10-14(31)9-13-5-3-4-6-15(13)16/h2-6,9-11,19-20,31H,1,7-8,12,28H2. The molecule has 168 valence electrons. The number of anilines is 1. The van der Waals surface area contributed by atoms with Crippen LogP contribution in [0, 0.1) is 5.82 Å². The van der Waals surface area contributed by atoms with Gasteiger partial charge in [-0.15, -0.1) is 0 Å². The maximum atomic E-state index is 15.7. The lowest BCUT2D eigenvalue weighted by Crippen LogP contribution is -2.64. The Bertz CT molecular complexity index is 1340. The Balaban J connectivity index is 1.52. The van der Waals surface area contributed by atoms with Gasteiger partial charge in [0.25, 0.3) is 0 Å². The molecule has 5 rings (SSSR count). The number of nitrogens with zero attached hydrogens (tertiary/aromatic N) is 2. The molecule has 2 unspecified atom stereocenters. The maximum absolute atomic E-state index is 15.7. The van der Waals surface area contributed by atoms with Crippen LogP contribution in [0.25, 0.3) is 21.9 Å². The number of hydrogen-bond donors (Lipinski definition) is 2. The summed E-state index contributed by atoms with van der Waals surface area (Å²) in [5, 5.41) is 11.8. The number of phenolic OH excluding ortho intramolecular Hbond substituents is 1. The second kappa shape index (κ2) is 8.01. The number of nitrogens with two attached hydrogens (primary N) is 1. The SMILES string of the molecule is C=CC(=O)N1CCC2C1CN2C(=S)c1cc(Cl)c(-c2cc(O)cc3ccccc23)c(F)c1N. The smallest absolute Gasteiger partial charge is 0.246 e. The van der Waals surface area contributed by atoms with Crippen molar-refractivity contribution in [1.82, 2.24) is 9.80 Å². The minimum atomic E-state index is -0.678. The Hall–Kier alpha value is -3.16. The van der Waals surface area contributed by atoms with Gasteiger partial charge in [-0.3, -0.25) is 4.79 Å². The predicted octanol–water partition coefficient (Wildman–Crippen LogP) is 4.73. The number of amides is 1. The van der Waals surface area contributed by atoms with E-state index in [9.17, 15) is 9.90 Å². The first-order chi connectivity index (χ1) is 15.8. The van der Waals surface area contributed by atoms with E-state index in [1.165, 1.54) is 12.1 Å². The number of thiocarbonyl (C=S) groups is 1. The fraction of sp³-hybridized carbons (Fsp3) is 0.200. The van der Waals surface area contributed by atoms with Crippen LogP contribution in [0.3, 0.4) is 0 Å². The molecular weight excluding hydrogens is 461 g/mol. The first-order valence-corrected chi connectivity index (χ1v) is 11.3. The van der Waals surface area contributed by atoms with Crippen LogP contribution in [0.4, 0.5) is 10.1 Å². The summed E-state index contributed by atoms with van der Waals surface area (Å²) < 4.78 is 15.7. The molecule has 0 spiro atoms. The number of nitrogen functional groups attached to an aromatic ring is 1. The Kier molecular flexibility index (Phi) is 5.26. The third kappa shape index (κ3) is 3.34. The molecule has 2 fully saturated rings. The minimum Gasteiger partial charge on any atom is -0.508 e. The van der Waals surface area contributed by atoms with Crippen molar-refractivity contribution in [3.05, 3.63) is 71.5 Å². The molecule has 5 nitrogen and oxygen atoms in total. The van der Waals surface area contributed by atoms with Gasteiger partial charge in [0.05, 0.1) is 22.8 Å². The highest BCUT2D eigenvalue weighted by molar-refractivity contribution is 7.80. The predicted molar refractivity (Wildman–Crippen MR) is 133 cm³/mol. The molecule has 3 N–H and O–H groups in total. The Morgan fingerprint density at radius 3 is 2.76 bits per heavy atom. The monoisotopic (exact) mass is 481 g/mol. The van der Waals surface area contributed by atoms with Gasteiger partial charge in [-0.25, -0.2) is 4.39 Å². The molecule has 1 amide bonds. The second-order valence-corrected chi connectivity index (χ2v) is 9.13. The van der Waals surface area contributed by atoms with Crippen LogP contribution in [0.5, 0.6) is 5.75 Å². The molecule has 33 heavy (non-hydrogen) atoms. The van der Waals surface area contributed by atoms with Gasteiger partial charge < -0.3 is 20.6 Å². The number of phenols is 1. The van der Waals surface area contributed by atoms with Crippen LogP contribution >= 0.6 is 23.8 Å². The fourth-order valence-electron chi connectivity index (χ4n) is 4.96. The molecule has 0 aromatic heterocycles. The average molecular weight is 482 g/mol. The van der Waals surface area contributed by atoms with Crippen LogP contribution < -0.4 is 5.73 Å². The number of aromatic hydroxyl groups is 1. The van der Waals surface area contributed by atoms with Gasteiger partial charge >= 0.3 is 0 Å². The Morgan fingerprint density at radius 2 is 2.00 bits per heavy atom. The summed E-state index contributed by atoms with van der Waals surface area (Å²) in [4.78, 5) is 16.2. The molecule has 0 saturated carbocycles. The van der Waals surface area contributed by atoms with Gasteiger partial charge in [0.2, 0.25) is 5.91 Å². The normalized spacial score (nSPS) is 19.3. The number of carbonyl (C=O) groups is 1. The fourth-order valence-corrected chi connectivity index (χ4v) is 5.63. The zero-order chi connectivity index (χ0) is 23.4. The van der Waals surface area contributed by atoms with E-state index in [1.54, 1.807) is 17.0 Å². The number of hydrogen-bond acceptors (Lipinski definition) is 4. The van der Waals surface area contributed by atoms with Crippen molar-refractivity contribution < 1.29 is 14.3 Å². The highest BCUT2D eigenvalue weighted by Gasteiger charge is 2.49. The van der Waals surface area contributed by atoms with Gasteiger partial charge in [-0.1, -0.05) is 54.7 Å². The minimum absolute atomic E-state index is 0.00353. The Morgan fingerprint density at radius 1 is 1.24 bits per heavy atom. The summed E-state index contributed by atoms with van der Waals surface area (Å²) in [5.74, 6) is -0.768. The van der Waals surface area contributed by atoms with Crippen molar-refractivity contribution in [3.8, 4) is 16.9 Å². The van der Waals surface area contributed by atoms with Gasteiger partial charge in [0.1, 0.15) is 10.7 Å². The summed E-state index contributed by atoms with van der Waals surface area (Å²) in [5.41, 5.74) is 7.08. The summed E-state index contributed by atoms with van der Waals surface area (Å²) in [6.45, 7) is 4.75. The summed E-state index contributed by atoms with van der Waals surface area (Å²) in [7, 11) is 0. The molecule has 2 aliphatic heterocycles. The van der Waals surface area contributed by atoms with Gasteiger partial charge in [0.15, 0.2) is 5.82 Å². The highest BCUT2D eigenvalue weighted by Crippen LogP contribution is 2.42. The van der Waals surface area contributed by atoms with Crippen LogP contribution in [-0.2, 0) is 4.79 Å². The maximum Gasteiger partial charge on any atom is 0.246 e. The number of halogens is 2. The van der Waals surface area contributed by atoms with E-state index in [-0.39, 0.29) is 40.0 Å². The first kappa shape index (κ1) is 21.7. The molecule has 3 aromatic rings. The van der Waals surface area contributed by atoms with Crippen molar-refractivity contribution >= 4 is 51.2 Å². The van der Waals surface area contributed by atoms with Crippen LogP contribution in [0.1, 0.15) is 12.0 Å². The third-order valence-electron chi connectivity index (χ3n) is 6.62. The van der Waals surface area contributed by atoms with Gasteiger partial charge in [0, 0.05) is 24.2 Å². The molecule has 0 bridgehead atoms. The lowest BCUT2D eigenvalue weighted by atomic mass is 9.93. The lowest BCUT2D eigenvalue weighted by molar-refractivity contribution is -0.128. The first-order valence-electron chi connectivity index (χ1n) is 10.6. The number of fused-ring (bicyclic) bond motifs is 2. The molecule has 2 atom stereocenters. The molecule has 0 aliphatic carbocycles. The van der Waals surface area contributed by atoms with Gasteiger partial charge in [-0.05, 0) is 47.0 Å². The van der Waals surface area contributed by atoms with E-state index in [4.69, 9.17) is 29.6 Å². The summed E-state index contributed by atoms with van der Waals surface area (Å²) in [6.07, 6.45) is 2.09. The van der Waals surface area contributed by atoms with Gasteiger partial charge in [-0.2, -0.15) is 0 Å². The van der Waals surface area contributed by atoms with E-state index in [0.29, 0.717) is 29.2 Å². The quantitative estimate of drug-likeness (QED) is 0.321. The van der Waals surface area contributed by atoms with E-state index >= 15 is 4.39 Å². The number of rotatable bonds is 3. The molecule has 2 saturated heterocycles. The highest BCUT2D eigenvalue weighted by atomic mass is 35.5. The molecule has 0 radical (unpaired) electrons. The van der Waals surface area contributed by atoms with Crippen LogP contribution in [0.2, 0.25) is 5.02 Å². The van der Waals surface area contributed by atoms with Crippen molar-refractivity contribution in [1.29, 1.82) is 0 Å². The molecule has 2 heterocycles. The topological polar surface area (TPSA) is 69.8 Å². The zero-order valence-electron chi connectivity index (χ0n) is 17.6. The van der Waals surface area contributed by atoms with Crippen LogP contribution in [-0.4, -0.2) is 51.0 Å². The third-order valence-corrected chi connectivity index (χ3v) is 7.37. The zero-order valence-corrected chi connectivity index (χ0v) is 19.2. The summed E-state index contributed by atoms with van der Waals surface area (Å²) in [6, 6.07) is 12.2. The lowest BCUT2D eigenvalue weighted by Gasteiger charge is -2.48. The number of benzene rings is 3. The van der Waals surface area contributed by atoms with Crippen molar-refractivity contribution in [2.75, 3.05) is 18.8 Å². The van der Waals surface area contributed by atoms with Crippen molar-refractivity contribution in [2.24, 2.45) is 0 Å².